The Bertz CT molecular complexity index is 672. The maximum absolute atomic E-state index is 12.9. The number of carbonyl (C=O) groups excluding carboxylic acids is 1. The third-order valence-corrected chi connectivity index (χ3v) is 7.18. The molecular weight excluding hydrogens is 417 g/mol. The summed E-state index contributed by atoms with van der Waals surface area (Å²) in [5.41, 5.74) is 7.70. The van der Waals surface area contributed by atoms with E-state index in [-0.39, 0.29) is 36.8 Å². The number of nitrogens with zero attached hydrogens (tertiary/aromatic N) is 2. The van der Waals surface area contributed by atoms with Gasteiger partial charge in [0.15, 0.2) is 0 Å². The van der Waals surface area contributed by atoms with E-state index < -0.39 is 0 Å². The average Bonchev–Trinajstić information content (AvgIpc) is 2.68. The predicted molar refractivity (Wildman–Crippen MR) is 128 cm³/mol. The molecule has 3 heterocycles. The van der Waals surface area contributed by atoms with Crippen molar-refractivity contribution in [3.63, 3.8) is 0 Å². The van der Waals surface area contributed by atoms with Crippen LogP contribution < -0.4 is 5.73 Å². The van der Waals surface area contributed by atoms with Gasteiger partial charge in [-0.25, -0.2) is 0 Å². The maximum Gasteiger partial charge on any atom is 0.239 e. The molecule has 5 atom stereocenters. The van der Waals surface area contributed by atoms with Crippen LogP contribution in [-0.2, 0) is 11.2 Å². The van der Waals surface area contributed by atoms with E-state index in [1.807, 2.05) is 0 Å². The fourth-order valence-electron chi connectivity index (χ4n) is 6.04. The molecule has 3 aliphatic heterocycles. The number of amides is 1. The smallest absolute Gasteiger partial charge is 0.239 e. The van der Waals surface area contributed by atoms with E-state index in [9.17, 15) is 4.79 Å². The van der Waals surface area contributed by atoms with Crippen LogP contribution in [0, 0.1) is 17.8 Å². The third-order valence-electron chi connectivity index (χ3n) is 7.18. The van der Waals surface area contributed by atoms with Gasteiger partial charge >= 0.3 is 0 Å². The number of hydrogen-bond acceptors (Lipinski definition) is 3. The minimum atomic E-state index is -0.327. The lowest BCUT2D eigenvalue weighted by atomic mass is 9.74. The summed E-state index contributed by atoms with van der Waals surface area (Å²) >= 11 is 0. The van der Waals surface area contributed by atoms with Crippen molar-refractivity contribution in [2.24, 2.45) is 23.5 Å². The first kappa shape index (κ1) is 25.5. The van der Waals surface area contributed by atoms with E-state index >= 15 is 0 Å². The van der Waals surface area contributed by atoms with Crippen molar-refractivity contribution < 1.29 is 4.79 Å². The van der Waals surface area contributed by atoms with E-state index in [4.69, 9.17) is 5.73 Å². The number of fused-ring (bicyclic) bond motifs is 4. The summed E-state index contributed by atoms with van der Waals surface area (Å²) in [6, 6.07) is 11.9. The van der Waals surface area contributed by atoms with Crippen LogP contribution in [0.5, 0.6) is 0 Å². The van der Waals surface area contributed by atoms with Gasteiger partial charge in [-0.05, 0) is 55.4 Å². The third kappa shape index (κ3) is 5.70. The Morgan fingerprint density at radius 1 is 1.10 bits per heavy atom. The Morgan fingerprint density at radius 2 is 1.83 bits per heavy atom. The Balaban J connectivity index is 0.00000160. The SMILES string of the molecule is CC(C)C[C@H](N)C(=O)N1C[C@@H]2C[C@H](C1)[C@@H]1CCC[C@H](Cc3ccccc3)N1C2.Cl.Cl. The molecule has 1 aromatic carbocycles. The van der Waals surface area contributed by atoms with Crippen LogP contribution in [0.25, 0.3) is 0 Å². The van der Waals surface area contributed by atoms with Crippen molar-refractivity contribution in [1.29, 1.82) is 0 Å². The van der Waals surface area contributed by atoms with Crippen LogP contribution in [0.3, 0.4) is 0 Å². The molecule has 3 saturated heterocycles. The molecule has 0 spiro atoms. The molecule has 1 amide bonds. The quantitative estimate of drug-likeness (QED) is 0.725. The Labute approximate surface area is 194 Å². The maximum atomic E-state index is 12.9. The molecule has 6 heteroatoms. The van der Waals surface area contributed by atoms with Crippen molar-refractivity contribution in [2.45, 2.75) is 70.5 Å². The van der Waals surface area contributed by atoms with Crippen molar-refractivity contribution >= 4 is 30.7 Å². The molecule has 3 fully saturated rings. The van der Waals surface area contributed by atoms with E-state index in [2.05, 4.69) is 54.0 Å². The standard InChI is InChI=1S/C24H37N3O.2ClH/c1-17(2)11-22(25)24(28)26-14-19-12-20(16-26)23-10-6-9-21(27(23)15-19)13-18-7-4-3-5-8-18;;/h3-5,7-8,17,19-23H,6,9-16,25H2,1-2H3;2*1H/t19-,20+,21+,22-,23-;;/m0../s1. The van der Waals surface area contributed by atoms with E-state index in [0.29, 0.717) is 29.8 Å². The van der Waals surface area contributed by atoms with Gasteiger partial charge in [0.25, 0.3) is 0 Å². The van der Waals surface area contributed by atoms with Crippen LogP contribution >= 0.6 is 24.8 Å². The number of nitrogens with two attached hydrogens (primary N) is 1. The zero-order valence-electron chi connectivity index (χ0n) is 18.4. The lowest BCUT2D eigenvalue weighted by molar-refractivity contribution is -0.140. The largest absolute Gasteiger partial charge is 0.341 e. The monoisotopic (exact) mass is 455 g/mol. The van der Waals surface area contributed by atoms with E-state index in [1.54, 1.807) is 0 Å². The highest BCUT2D eigenvalue weighted by Crippen LogP contribution is 2.40. The van der Waals surface area contributed by atoms with Crippen molar-refractivity contribution in [1.82, 2.24) is 9.80 Å². The zero-order chi connectivity index (χ0) is 19.7. The molecule has 4 rings (SSSR count). The Kier molecular flexibility index (Phi) is 9.48. The van der Waals surface area contributed by atoms with Gasteiger partial charge in [-0.3, -0.25) is 9.69 Å². The summed E-state index contributed by atoms with van der Waals surface area (Å²) in [5, 5.41) is 0. The van der Waals surface area contributed by atoms with Gasteiger partial charge in [-0.2, -0.15) is 0 Å². The fourth-order valence-corrected chi connectivity index (χ4v) is 6.04. The summed E-state index contributed by atoms with van der Waals surface area (Å²) < 4.78 is 0. The summed E-state index contributed by atoms with van der Waals surface area (Å²) in [6.07, 6.45) is 7.18. The highest BCUT2D eigenvalue weighted by Gasteiger charge is 2.45. The summed E-state index contributed by atoms with van der Waals surface area (Å²) in [7, 11) is 0. The van der Waals surface area contributed by atoms with Crippen molar-refractivity contribution in [2.75, 3.05) is 19.6 Å². The van der Waals surface area contributed by atoms with Gasteiger partial charge in [-0.1, -0.05) is 50.6 Å². The molecule has 30 heavy (non-hydrogen) atoms. The molecule has 170 valence electrons. The summed E-state index contributed by atoms with van der Waals surface area (Å²) in [4.78, 5) is 17.9. The zero-order valence-corrected chi connectivity index (χ0v) is 20.0. The van der Waals surface area contributed by atoms with Gasteiger partial charge in [-0.15, -0.1) is 24.8 Å². The van der Waals surface area contributed by atoms with E-state index in [1.165, 1.54) is 37.7 Å². The van der Waals surface area contributed by atoms with Crippen LogP contribution in [0.4, 0.5) is 0 Å². The summed E-state index contributed by atoms with van der Waals surface area (Å²) in [6.45, 7) is 7.26. The van der Waals surface area contributed by atoms with Crippen molar-refractivity contribution in [3.8, 4) is 0 Å². The number of hydrogen-bond donors (Lipinski definition) is 1. The van der Waals surface area contributed by atoms with Crippen LogP contribution in [0.2, 0.25) is 0 Å². The average molecular weight is 457 g/mol. The minimum Gasteiger partial charge on any atom is -0.341 e. The van der Waals surface area contributed by atoms with Gasteiger partial charge in [0, 0.05) is 31.7 Å². The molecule has 2 N–H and O–H groups in total. The second-order valence-electron chi connectivity index (χ2n) is 9.88. The van der Waals surface area contributed by atoms with Crippen LogP contribution in [0.1, 0.15) is 51.5 Å². The van der Waals surface area contributed by atoms with E-state index in [0.717, 1.165) is 26.1 Å². The number of piperidine rings is 3. The first-order valence-corrected chi connectivity index (χ1v) is 11.3. The molecule has 0 aliphatic carbocycles. The van der Waals surface area contributed by atoms with Gasteiger partial charge in [0.2, 0.25) is 5.91 Å². The van der Waals surface area contributed by atoms with Gasteiger partial charge < -0.3 is 10.6 Å². The van der Waals surface area contributed by atoms with Gasteiger partial charge in [0.05, 0.1) is 6.04 Å². The minimum absolute atomic E-state index is 0. The second kappa shape index (κ2) is 11.2. The molecular formula is C24H39Cl2N3O. The second-order valence-corrected chi connectivity index (χ2v) is 9.88. The molecule has 0 saturated carbocycles. The topological polar surface area (TPSA) is 49.6 Å². The first-order valence-electron chi connectivity index (χ1n) is 11.3. The first-order chi connectivity index (χ1) is 13.5. The molecule has 0 aromatic heterocycles. The van der Waals surface area contributed by atoms with Crippen LogP contribution in [-0.4, -0.2) is 53.5 Å². The fraction of sp³-hybridized carbons (Fsp3) is 0.708. The highest BCUT2D eigenvalue weighted by molar-refractivity contribution is 5.85. The number of likely N-dealkylation sites (tertiary alicyclic amines) is 1. The number of rotatable bonds is 5. The number of carbonyl (C=O) groups is 1. The van der Waals surface area contributed by atoms with Gasteiger partial charge in [0.1, 0.15) is 0 Å². The molecule has 0 unspecified atom stereocenters. The Morgan fingerprint density at radius 3 is 2.53 bits per heavy atom. The molecule has 2 bridgehead atoms. The highest BCUT2D eigenvalue weighted by atomic mass is 35.5. The molecule has 1 aromatic rings. The molecule has 3 aliphatic rings. The summed E-state index contributed by atoms with van der Waals surface area (Å²) in [5.74, 6) is 1.90. The van der Waals surface area contributed by atoms with Crippen LogP contribution in [0.15, 0.2) is 30.3 Å². The number of benzene rings is 1. The van der Waals surface area contributed by atoms with Crippen molar-refractivity contribution in [3.05, 3.63) is 35.9 Å². The lowest BCUT2D eigenvalue weighted by Gasteiger charge is -2.55. The Hall–Kier alpha value is -0.810. The molecule has 0 radical (unpaired) electrons. The molecule has 4 nitrogen and oxygen atoms in total. The normalized spacial score (nSPS) is 29.4. The lowest BCUT2D eigenvalue weighted by Crippen LogP contribution is -2.63. The predicted octanol–water partition coefficient (Wildman–Crippen LogP) is 4.15. The number of halogens is 2.